The molecule has 1 aliphatic carbocycles. The molecule has 150 valence electrons. The molecule has 4 heteroatoms. The first kappa shape index (κ1) is 20.9. The largest absolute Gasteiger partial charge is 0.487 e. The summed E-state index contributed by atoms with van der Waals surface area (Å²) in [5.74, 6) is 1.08. The molecule has 29 heavy (non-hydrogen) atoms. The molecule has 0 amide bonds. The van der Waals surface area contributed by atoms with Crippen LogP contribution < -0.4 is 9.64 Å². The third kappa shape index (κ3) is 4.80. The summed E-state index contributed by atoms with van der Waals surface area (Å²) in [5.41, 5.74) is 5.39. The van der Waals surface area contributed by atoms with Crippen LogP contribution in [-0.4, -0.2) is 12.8 Å². The number of nitrogens with zero attached hydrogens (tertiary/aromatic N) is 1. The van der Waals surface area contributed by atoms with Crippen LogP contribution in [0.1, 0.15) is 39.9 Å². The van der Waals surface area contributed by atoms with Gasteiger partial charge in [0.25, 0.3) is 0 Å². The Morgan fingerprint density at radius 1 is 0.862 bits per heavy atom. The van der Waals surface area contributed by atoms with E-state index in [2.05, 4.69) is 48.3 Å². The fourth-order valence-electron chi connectivity index (χ4n) is 3.90. The van der Waals surface area contributed by atoms with Crippen LogP contribution in [-0.2, 0) is 19.6 Å². The maximum absolute atomic E-state index is 12.4. The molecular formula is C25H26ClNO2. The van der Waals surface area contributed by atoms with Gasteiger partial charge in [-0.1, -0.05) is 60.7 Å². The highest BCUT2D eigenvalue weighted by Gasteiger charge is 2.24. The lowest BCUT2D eigenvalue weighted by molar-refractivity contribution is 0.0972. The zero-order valence-electron chi connectivity index (χ0n) is 16.6. The van der Waals surface area contributed by atoms with Crippen molar-refractivity contribution in [3.63, 3.8) is 0 Å². The number of halogens is 1. The van der Waals surface area contributed by atoms with Crippen molar-refractivity contribution < 1.29 is 9.53 Å². The van der Waals surface area contributed by atoms with Gasteiger partial charge < -0.3 is 9.64 Å². The fraction of sp³-hybridized carbons (Fsp3) is 0.240. The number of benzene rings is 3. The summed E-state index contributed by atoms with van der Waals surface area (Å²) >= 11 is 0. The van der Waals surface area contributed by atoms with Gasteiger partial charge in [0.15, 0.2) is 5.78 Å². The topological polar surface area (TPSA) is 29.5 Å². The van der Waals surface area contributed by atoms with E-state index in [1.54, 1.807) is 0 Å². The summed E-state index contributed by atoms with van der Waals surface area (Å²) in [6, 6.07) is 24.5. The average molecular weight is 408 g/mol. The number of rotatable bonds is 6. The van der Waals surface area contributed by atoms with Crippen LogP contribution in [0.15, 0.2) is 72.8 Å². The number of anilines is 1. The van der Waals surface area contributed by atoms with E-state index in [1.807, 2.05) is 36.4 Å². The van der Waals surface area contributed by atoms with Crippen molar-refractivity contribution in [2.24, 2.45) is 0 Å². The summed E-state index contributed by atoms with van der Waals surface area (Å²) in [6.45, 7) is 1.28. The van der Waals surface area contributed by atoms with E-state index < -0.39 is 0 Å². The Balaban J connectivity index is 0.00000240. The van der Waals surface area contributed by atoms with Crippen LogP contribution in [0.25, 0.3) is 0 Å². The van der Waals surface area contributed by atoms with E-state index in [9.17, 15) is 4.79 Å². The van der Waals surface area contributed by atoms with Gasteiger partial charge >= 0.3 is 0 Å². The van der Waals surface area contributed by atoms with Crippen molar-refractivity contribution in [2.45, 2.75) is 32.4 Å². The lowest BCUT2D eigenvalue weighted by Crippen LogP contribution is -2.22. The number of fused-ring (bicyclic) bond motifs is 1. The molecule has 3 aromatic carbocycles. The molecule has 0 aromatic heterocycles. The number of hydrogen-bond donors (Lipinski definition) is 0. The first-order chi connectivity index (χ1) is 13.7. The van der Waals surface area contributed by atoms with E-state index in [-0.39, 0.29) is 18.2 Å². The van der Waals surface area contributed by atoms with Crippen LogP contribution in [0.2, 0.25) is 0 Å². The number of Topliss-reactive ketones (excluding diaryl/α,β-unsaturated/α-hetero) is 1. The van der Waals surface area contributed by atoms with Gasteiger partial charge in [-0.05, 0) is 41.7 Å². The Hall–Kier alpha value is -2.78. The van der Waals surface area contributed by atoms with Gasteiger partial charge in [0.2, 0.25) is 0 Å². The Labute approximate surface area is 178 Å². The van der Waals surface area contributed by atoms with Gasteiger partial charge in [0, 0.05) is 25.6 Å². The standard InChI is InChI=1S/C25H25NO2.ClH/c1-26(17-19-9-4-2-5-10-19)25-22-13-8-14-23(27)21(22)15-16-24(25)28-18-20-11-6-3-7-12-20;/h2-7,9-12,15-16H,8,13-14,17-18H2,1H3;1H. The summed E-state index contributed by atoms with van der Waals surface area (Å²) in [4.78, 5) is 14.7. The third-order valence-electron chi connectivity index (χ3n) is 5.26. The Morgan fingerprint density at radius 3 is 2.21 bits per heavy atom. The van der Waals surface area contributed by atoms with E-state index in [4.69, 9.17) is 4.74 Å². The van der Waals surface area contributed by atoms with Gasteiger partial charge in [0.05, 0.1) is 5.69 Å². The molecule has 0 saturated heterocycles. The first-order valence-corrected chi connectivity index (χ1v) is 9.83. The van der Waals surface area contributed by atoms with Crippen LogP contribution in [0, 0.1) is 0 Å². The van der Waals surface area contributed by atoms with E-state index in [0.717, 1.165) is 47.5 Å². The molecule has 0 fully saturated rings. The minimum Gasteiger partial charge on any atom is -0.487 e. The zero-order chi connectivity index (χ0) is 19.3. The van der Waals surface area contributed by atoms with Gasteiger partial charge in [-0.3, -0.25) is 4.79 Å². The normalized spacial score (nSPS) is 12.7. The van der Waals surface area contributed by atoms with Gasteiger partial charge in [0.1, 0.15) is 12.4 Å². The smallest absolute Gasteiger partial charge is 0.163 e. The van der Waals surface area contributed by atoms with Crippen LogP contribution >= 0.6 is 12.4 Å². The van der Waals surface area contributed by atoms with Crippen molar-refractivity contribution in [1.29, 1.82) is 0 Å². The predicted octanol–water partition coefficient (Wildman–Crippen LogP) is 5.84. The Bertz CT molecular complexity index is 957. The molecule has 0 aliphatic heterocycles. The van der Waals surface area contributed by atoms with E-state index >= 15 is 0 Å². The molecule has 0 radical (unpaired) electrons. The van der Waals surface area contributed by atoms with Crippen molar-refractivity contribution in [1.82, 2.24) is 0 Å². The van der Waals surface area contributed by atoms with E-state index in [1.165, 1.54) is 5.56 Å². The molecular weight excluding hydrogens is 382 g/mol. The third-order valence-corrected chi connectivity index (χ3v) is 5.26. The Kier molecular flexibility index (Phi) is 6.95. The van der Waals surface area contributed by atoms with E-state index in [0.29, 0.717) is 13.0 Å². The summed E-state index contributed by atoms with van der Waals surface area (Å²) in [7, 11) is 2.08. The van der Waals surface area contributed by atoms with Gasteiger partial charge in [-0.25, -0.2) is 0 Å². The second-order valence-corrected chi connectivity index (χ2v) is 7.33. The molecule has 3 nitrogen and oxygen atoms in total. The second-order valence-electron chi connectivity index (χ2n) is 7.33. The molecule has 0 saturated carbocycles. The number of ether oxygens (including phenoxy) is 1. The number of hydrogen-bond acceptors (Lipinski definition) is 3. The highest BCUT2D eigenvalue weighted by atomic mass is 35.5. The fourth-order valence-corrected chi connectivity index (χ4v) is 3.90. The molecule has 0 N–H and O–H groups in total. The lowest BCUT2D eigenvalue weighted by atomic mass is 9.88. The molecule has 3 aromatic rings. The van der Waals surface area contributed by atoms with Crippen molar-refractivity contribution in [2.75, 3.05) is 11.9 Å². The molecule has 0 bridgehead atoms. The maximum atomic E-state index is 12.4. The zero-order valence-corrected chi connectivity index (χ0v) is 17.5. The van der Waals surface area contributed by atoms with Crippen molar-refractivity contribution >= 4 is 23.9 Å². The highest BCUT2D eigenvalue weighted by Crippen LogP contribution is 2.38. The SMILES string of the molecule is CN(Cc1ccccc1)c1c(OCc2ccccc2)ccc2c1CCCC2=O.Cl. The maximum Gasteiger partial charge on any atom is 0.163 e. The number of carbonyl (C=O) groups is 1. The predicted molar refractivity (Wildman–Crippen MR) is 120 cm³/mol. The van der Waals surface area contributed by atoms with Gasteiger partial charge in [-0.2, -0.15) is 0 Å². The molecule has 0 atom stereocenters. The number of carbonyl (C=O) groups excluding carboxylic acids is 1. The minimum atomic E-state index is 0. The summed E-state index contributed by atoms with van der Waals surface area (Å²) in [5, 5.41) is 0. The molecule has 4 rings (SSSR count). The average Bonchev–Trinajstić information content (AvgIpc) is 2.73. The summed E-state index contributed by atoms with van der Waals surface area (Å²) in [6.07, 6.45) is 2.46. The quantitative estimate of drug-likeness (QED) is 0.513. The second kappa shape index (κ2) is 9.62. The van der Waals surface area contributed by atoms with Crippen LogP contribution in [0.3, 0.4) is 0 Å². The lowest BCUT2D eigenvalue weighted by Gasteiger charge is -2.28. The highest BCUT2D eigenvalue weighted by molar-refractivity contribution is 6.00. The number of ketones is 1. The molecule has 0 spiro atoms. The van der Waals surface area contributed by atoms with Crippen molar-refractivity contribution in [3.05, 3.63) is 95.1 Å². The molecule has 0 heterocycles. The molecule has 0 unspecified atom stereocenters. The Morgan fingerprint density at radius 2 is 1.52 bits per heavy atom. The van der Waals surface area contributed by atoms with Crippen LogP contribution in [0.5, 0.6) is 5.75 Å². The molecule has 1 aliphatic rings. The summed E-state index contributed by atoms with van der Waals surface area (Å²) < 4.78 is 6.23. The van der Waals surface area contributed by atoms with Crippen molar-refractivity contribution in [3.8, 4) is 5.75 Å². The van der Waals surface area contributed by atoms with Gasteiger partial charge in [-0.15, -0.1) is 12.4 Å². The minimum absolute atomic E-state index is 0. The monoisotopic (exact) mass is 407 g/mol. The first-order valence-electron chi connectivity index (χ1n) is 9.83. The van der Waals surface area contributed by atoms with Crippen LogP contribution in [0.4, 0.5) is 5.69 Å².